The molecule has 0 aliphatic carbocycles. The quantitative estimate of drug-likeness (QED) is 0.0691. The van der Waals surface area contributed by atoms with Crippen LogP contribution >= 0.6 is 46.3 Å². The number of carbonyl (C=O) groups is 3. The van der Waals surface area contributed by atoms with Crippen LogP contribution in [0.1, 0.15) is 46.7 Å². The van der Waals surface area contributed by atoms with Gasteiger partial charge in [-0.05, 0) is 62.1 Å². The van der Waals surface area contributed by atoms with E-state index in [1.54, 1.807) is 43.4 Å². The number of halogens is 5. The first-order chi connectivity index (χ1) is 33.5. The highest BCUT2D eigenvalue weighted by atomic mass is 35.5. The molecular weight excluding hydrogens is 1000 g/mol. The zero-order valence-corrected chi connectivity index (χ0v) is 40.0. The van der Waals surface area contributed by atoms with Crippen LogP contribution in [0.3, 0.4) is 0 Å². The van der Waals surface area contributed by atoms with E-state index in [0.29, 0.717) is 51.1 Å². The van der Waals surface area contributed by atoms with Crippen LogP contribution in [0, 0.1) is 0 Å². The van der Waals surface area contributed by atoms with Crippen molar-refractivity contribution >= 4 is 119 Å². The van der Waals surface area contributed by atoms with Gasteiger partial charge in [-0.2, -0.15) is 52.3 Å². The maximum Gasteiger partial charge on any atom is 0.490 e. The van der Waals surface area contributed by atoms with Gasteiger partial charge in [0.25, 0.3) is 5.91 Å². The van der Waals surface area contributed by atoms with Gasteiger partial charge in [0.15, 0.2) is 0 Å². The molecule has 30 heteroatoms. The van der Waals surface area contributed by atoms with Gasteiger partial charge in [0.05, 0.1) is 44.8 Å². The Balaban J connectivity index is 0.000000161. The highest BCUT2D eigenvalue weighted by Gasteiger charge is 2.38. The monoisotopic (exact) mass is 1050 g/mol. The molecule has 8 heterocycles. The van der Waals surface area contributed by atoms with E-state index >= 15 is 0 Å². The summed E-state index contributed by atoms with van der Waals surface area (Å²) in [5.74, 6) is -2.44. The number of nitrogens with one attached hydrogen (secondary N) is 5. The maximum atomic E-state index is 12.4. The summed E-state index contributed by atoms with van der Waals surface area (Å²) in [6.07, 6.45) is 5.61. The molecule has 2 fully saturated rings. The van der Waals surface area contributed by atoms with Crippen LogP contribution in [0.4, 0.5) is 46.7 Å². The van der Waals surface area contributed by atoms with Crippen molar-refractivity contribution < 1.29 is 37.8 Å². The van der Waals surface area contributed by atoms with Gasteiger partial charge in [-0.3, -0.25) is 24.4 Å². The Morgan fingerprint density at radius 1 is 0.771 bits per heavy atom. The molecule has 10 rings (SSSR count). The molecule has 2 saturated heterocycles. The molecule has 2 aromatic carbocycles. The van der Waals surface area contributed by atoms with Gasteiger partial charge in [-0.25, -0.2) is 9.59 Å². The molecule has 0 unspecified atom stereocenters. The van der Waals surface area contributed by atoms with Crippen molar-refractivity contribution in [3.05, 3.63) is 82.6 Å². The van der Waals surface area contributed by atoms with Gasteiger partial charge in [-0.15, -0.1) is 0 Å². The van der Waals surface area contributed by atoms with E-state index in [-0.39, 0.29) is 17.6 Å². The predicted octanol–water partition coefficient (Wildman–Crippen LogP) is 6.43. The predicted molar refractivity (Wildman–Crippen MR) is 258 cm³/mol. The minimum absolute atomic E-state index is 0.135. The van der Waals surface area contributed by atoms with Gasteiger partial charge < -0.3 is 41.7 Å². The second kappa shape index (κ2) is 22.5. The molecule has 8 aromatic rings. The van der Waals surface area contributed by atoms with E-state index in [0.717, 1.165) is 77.9 Å². The van der Waals surface area contributed by atoms with E-state index in [1.807, 2.05) is 24.3 Å². The van der Waals surface area contributed by atoms with Gasteiger partial charge in [-0.1, -0.05) is 23.2 Å². The van der Waals surface area contributed by atoms with Gasteiger partial charge >= 0.3 is 18.1 Å². The lowest BCUT2D eigenvalue weighted by Crippen LogP contribution is -2.41. The van der Waals surface area contributed by atoms with Gasteiger partial charge in [0.1, 0.15) is 11.4 Å². The summed E-state index contributed by atoms with van der Waals surface area (Å²) in [5.41, 5.74) is 9.88. The highest BCUT2D eigenvalue weighted by Crippen LogP contribution is 2.35. The lowest BCUT2D eigenvalue weighted by molar-refractivity contribution is -0.192. The fourth-order valence-corrected chi connectivity index (χ4v) is 9.00. The molecule has 9 N–H and O–H groups in total. The number of nitrogens with zero attached hydrogens (tertiary/aromatic N) is 12. The fraction of sp³-hybridized carbons (Fsp3) is 0.325. The third kappa shape index (κ3) is 12.2. The summed E-state index contributed by atoms with van der Waals surface area (Å²) < 4.78 is 43.6. The number of rotatable bonds is 11. The van der Waals surface area contributed by atoms with Crippen molar-refractivity contribution in [2.24, 2.45) is 19.8 Å². The SMILES string of the molecule is Cn1nccc1C(=O)NC[C@@H]1CCCN1c1nsc(Nc2ccc3[nH]ncc3c2Cl)n1.Cn1nccc1C(=O)O.NC[C@@H]1CCCN1c1nsc(Nc2ccc3[nH]ncc3c2Cl)n1.O=C(O)C(F)(F)F. The minimum Gasteiger partial charge on any atom is -0.477 e. The van der Waals surface area contributed by atoms with Crippen LogP contribution in [0.2, 0.25) is 10.0 Å². The molecular formula is C40H43Cl2F3N18O5S2. The molecule has 1 amide bonds. The van der Waals surface area contributed by atoms with E-state index in [2.05, 4.69) is 75.1 Å². The third-order valence-electron chi connectivity index (χ3n) is 10.8. The van der Waals surface area contributed by atoms with Crippen molar-refractivity contribution in [2.75, 3.05) is 46.6 Å². The zero-order chi connectivity index (χ0) is 50.1. The number of aryl methyl sites for hydroxylation is 2. The van der Waals surface area contributed by atoms with Crippen molar-refractivity contribution in [2.45, 2.75) is 43.9 Å². The normalized spacial score (nSPS) is 15.4. The van der Waals surface area contributed by atoms with Crippen LogP contribution in [0.5, 0.6) is 0 Å². The topological polar surface area (TPSA) is 305 Å². The first-order valence-corrected chi connectivity index (χ1v) is 23.3. The molecule has 23 nitrogen and oxygen atoms in total. The standard InChI is InChI=1S/C19H20ClN9OS.C14H16ClN7S.C5H6N2O2.C2HF3O2/c1-28-15(6-7-23-28)17(30)21-9-11-3-2-8-29(11)18-25-19(31-27-18)24-14-5-4-13-12(16(14)20)10-22-26-13;15-12-9-7-17-20-10(9)3-4-11(12)18-14-19-13(21-23-14)22-5-1-2-8(22)6-16;1-7-4(5(8)9)2-3-6-7;3-2(4,5)1(6)7/h4-7,10-11H,2-3,8-9H2,1H3,(H,21,30)(H,22,26)(H,24,25,27);3-4,7-8H,1-2,5-6,16H2,(H,17,20)(H,18,19,21);2-3H,1H3,(H,8,9);(H,6,7)/t11-;8-;;/m00../s1. The lowest BCUT2D eigenvalue weighted by atomic mass is 10.2. The van der Waals surface area contributed by atoms with Crippen LogP contribution in [-0.4, -0.2) is 131 Å². The zero-order valence-electron chi connectivity index (χ0n) is 36.9. The van der Waals surface area contributed by atoms with E-state index < -0.39 is 18.1 Å². The number of H-pyrrole nitrogens is 2. The molecule has 370 valence electrons. The first-order valence-electron chi connectivity index (χ1n) is 21.0. The second-order valence-corrected chi connectivity index (χ2v) is 17.5. The van der Waals surface area contributed by atoms with Crippen LogP contribution < -0.4 is 31.5 Å². The van der Waals surface area contributed by atoms with Crippen LogP contribution in [0.15, 0.2) is 61.2 Å². The number of benzene rings is 2. The Bertz CT molecular complexity index is 3060. The number of carboxylic acids is 2. The van der Waals surface area contributed by atoms with Crippen molar-refractivity contribution in [1.29, 1.82) is 0 Å². The smallest absolute Gasteiger partial charge is 0.477 e. The molecule has 70 heavy (non-hydrogen) atoms. The Kier molecular flexibility index (Phi) is 16.3. The third-order valence-corrected chi connectivity index (χ3v) is 12.9. The van der Waals surface area contributed by atoms with E-state index in [1.165, 1.54) is 40.0 Å². The number of anilines is 6. The Morgan fingerprint density at radius 2 is 1.24 bits per heavy atom. The van der Waals surface area contributed by atoms with E-state index in [9.17, 15) is 22.8 Å². The number of aliphatic carboxylic acids is 1. The lowest BCUT2D eigenvalue weighted by Gasteiger charge is -2.23. The Labute approximate surface area is 412 Å². The van der Waals surface area contributed by atoms with Gasteiger partial charge in [0.2, 0.25) is 22.2 Å². The summed E-state index contributed by atoms with van der Waals surface area (Å²) in [6, 6.07) is 11.3. The van der Waals surface area contributed by atoms with Crippen molar-refractivity contribution in [3.8, 4) is 0 Å². The summed E-state index contributed by atoms with van der Waals surface area (Å²) in [7, 11) is 3.34. The number of amides is 1. The minimum atomic E-state index is -5.08. The summed E-state index contributed by atoms with van der Waals surface area (Å²) in [5, 5.41) is 50.9. The average molecular weight is 1050 g/mol. The number of carboxylic acid groups (broad SMARTS) is 2. The molecule has 2 atom stereocenters. The second-order valence-electron chi connectivity index (χ2n) is 15.3. The number of aromatic carboxylic acids is 1. The number of aromatic nitrogens is 12. The maximum absolute atomic E-state index is 12.4. The molecule has 0 saturated carbocycles. The van der Waals surface area contributed by atoms with Crippen molar-refractivity contribution in [3.63, 3.8) is 0 Å². The largest absolute Gasteiger partial charge is 0.490 e. The highest BCUT2D eigenvalue weighted by molar-refractivity contribution is 7.10. The number of hydrogen-bond acceptors (Lipinski definition) is 18. The Hall–Kier alpha value is -7.14. The number of alkyl halides is 3. The summed E-state index contributed by atoms with van der Waals surface area (Å²) in [6.45, 7) is 2.96. The van der Waals surface area contributed by atoms with Crippen LogP contribution in [0.25, 0.3) is 21.8 Å². The summed E-state index contributed by atoms with van der Waals surface area (Å²) >= 11 is 15.5. The van der Waals surface area contributed by atoms with E-state index in [4.69, 9.17) is 43.9 Å². The fourth-order valence-electron chi connectivity index (χ4n) is 7.29. The van der Waals surface area contributed by atoms with Crippen LogP contribution in [-0.2, 0) is 18.9 Å². The Morgan fingerprint density at radius 3 is 1.67 bits per heavy atom. The first kappa shape index (κ1) is 50.7. The molecule has 0 radical (unpaired) electrons. The number of fused-ring (bicyclic) bond motifs is 2. The number of aromatic amines is 2. The number of carbonyl (C=O) groups excluding carboxylic acids is 1. The average Bonchev–Trinajstić information content (AvgIpc) is 4.17. The van der Waals surface area contributed by atoms with Crippen molar-refractivity contribution in [1.82, 2.24) is 64.0 Å². The van der Waals surface area contributed by atoms with Gasteiger partial charge in [0, 0.05) is 98.6 Å². The molecule has 2 aliphatic heterocycles. The molecule has 0 spiro atoms. The molecule has 6 aromatic heterocycles. The number of hydrogen-bond donors (Lipinski definition) is 8. The summed E-state index contributed by atoms with van der Waals surface area (Å²) in [4.78, 5) is 45.1. The molecule has 0 bridgehead atoms. The number of nitrogens with two attached hydrogens (primary N) is 1. The molecule has 2 aliphatic rings.